The molecule has 0 radical (unpaired) electrons. The van der Waals surface area contributed by atoms with Gasteiger partial charge < -0.3 is 24.6 Å². The second-order valence-electron chi connectivity index (χ2n) is 10.2. The summed E-state index contributed by atoms with van der Waals surface area (Å²) in [4.78, 5) is 28.4. The van der Waals surface area contributed by atoms with E-state index in [2.05, 4.69) is 10.2 Å². The van der Waals surface area contributed by atoms with Crippen molar-refractivity contribution in [2.24, 2.45) is 0 Å². The number of rotatable bonds is 9. The zero-order valence-electron chi connectivity index (χ0n) is 21.1. The normalized spacial score (nSPS) is 17.4. The minimum absolute atomic E-state index is 0.00208. The molecular weight excluding hydrogens is 551 g/mol. The molecule has 3 aromatic rings. The summed E-state index contributed by atoms with van der Waals surface area (Å²) in [7, 11) is 0. The van der Waals surface area contributed by atoms with Gasteiger partial charge in [-0.2, -0.15) is 0 Å². The van der Waals surface area contributed by atoms with Gasteiger partial charge in [-0.15, -0.1) is 0 Å². The van der Waals surface area contributed by atoms with Crippen LogP contribution in [-0.4, -0.2) is 58.9 Å². The Balaban J connectivity index is 1.13. The number of hydrogen-bond donors (Lipinski definition) is 2. The Morgan fingerprint density at radius 2 is 1.79 bits per heavy atom. The molecule has 2 fully saturated rings. The van der Waals surface area contributed by atoms with Gasteiger partial charge in [0.1, 0.15) is 29.6 Å². The third kappa shape index (κ3) is 6.54. The van der Waals surface area contributed by atoms with Gasteiger partial charge in [0.25, 0.3) is 5.91 Å². The molecule has 1 aromatic heterocycles. The van der Waals surface area contributed by atoms with E-state index in [-0.39, 0.29) is 39.7 Å². The summed E-state index contributed by atoms with van der Waals surface area (Å²) in [6, 6.07) is 6.75. The van der Waals surface area contributed by atoms with E-state index in [4.69, 9.17) is 27.9 Å². The minimum atomic E-state index is -0.720. The van der Waals surface area contributed by atoms with Crippen LogP contribution in [0.4, 0.5) is 8.78 Å². The van der Waals surface area contributed by atoms with Gasteiger partial charge in [-0.05, 0) is 56.4 Å². The van der Waals surface area contributed by atoms with Crippen molar-refractivity contribution in [3.05, 3.63) is 74.0 Å². The highest BCUT2D eigenvalue weighted by Crippen LogP contribution is 2.37. The van der Waals surface area contributed by atoms with Gasteiger partial charge in [0.15, 0.2) is 0 Å². The molecule has 1 saturated heterocycles. The standard InChI is InChI=1S/C28H29Cl2F2N3O4/c29-22-4-3-19(11-24(22)31)39-15-18(36)7-10-34-8-5-16(6-9-34)33-28(38)21-14-35(17-1-2-17)26-13-23(30)25(32)12-20(26)27(21)37/h3-4,11-14,16-18,36H,1-2,5-10,15H2,(H,33,38). The lowest BCUT2D eigenvalue weighted by molar-refractivity contribution is 0.0798. The van der Waals surface area contributed by atoms with E-state index in [1.165, 1.54) is 18.2 Å². The smallest absolute Gasteiger partial charge is 0.256 e. The lowest BCUT2D eigenvalue weighted by Crippen LogP contribution is -2.46. The fourth-order valence-corrected chi connectivity index (χ4v) is 5.17. The highest BCUT2D eigenvalue weighted by atomic mass is 35.5. The van der Waals surface area contributed by atoms with Crippen LogP contribution in [0.3, 0.4) is 0 Å². The number of fused-ring (bicyclic) bond motifs is 1. The van der Waals surface area contributed by atoms with Crippen LogP contribution in [0.25, 0.3) is 10.9 Å². The second-order valence-corrected chi connectivity index (χ2v) is 11.0. The number of pyridine rings is 1. The quantitative estimate of drug-likeness (QED) is 0.375. The number of halogens is 4. The molecule has 2 N–H and O–H groups in total. The predicted octanol–water partition coefficient (Wildman–Crippen LogP) is 4.95. The Hall–Kier alpha value is -2.72. The molecule has 7 nitrogen and oxygen atoms in total. The second kappa shape index (κ2) is 11.8. The molecule has 1 unspecified atom stereocenters. The topological polar surface area (TPSA) is 83.8 Å². The van der Waals surface area contributed by atoms with Crippen LogP contribution in [-0.2, 0) is 0 Å². The minimum Gasteiger partial charge on any atom is -0.491 e. The summed E-state index contributed by atoms with van der Waals surface area (Å²) in [5.41, 5.74) is 0.0267. The molecule has 1 atom stereocenters. The van der Waals surface area contributed by atoms with Crippen molar-refractivity contribution in [1.29, 1.82) is 0 Å². The summed E-state index contributed by atoms with van der Waals surface area (Å²) in [6.45, 7) is 2.11. The van der Waals surface area contributed by atoms with Crippen LogP contribution >= 0.6 is 23.2 Å². The van der Waals surface area contributed by atoms with Gasteiger partial charge in [0.2, 0.25) is 5.43 Å². The van der Waals surface area contributed by atoms with Crippen molar-refractivity contribution in [3.63, 3.8) is 0 Å². The van der Waals surface area contributed by atoms with E-state index in [1.807, 2.05) is 4.57 Å². The summed E-state index contributed by atoms with van der Waals surface area (Å²) in [5, 5.41) is 13.3. The van der Waals surface area contributed by atoms with Gasteiger partial charge in [-0.3, -0.25) is 9.59 Å². The zero-order chi connectivity index (χ0) is 27.7. The van der Waals surface area contributed by atoms with Gasteiger partial charge in [-0.1, -0.05) is 23.2 Å². The first-order valence-corrected chi connectivity index (χ1v) is 13.8. The van der Waals surface area contributed by atoms with E-state index in [0.29, 0.717) is 50.2 Å². The highest BCUT2D eigenvalue weighted by Gasteiger charge is 2.28. The molecule has 1 aliphatic carbocycles. The van der Waals surface area contributed by atoms with Crippen molar-refractivity contribution >= 4 is 40.0 Å². The molecule has 11 heteroatoms. The van der Waals surface area contributed by atoms with E-state index < -0.39 is 29.1 Å². The first kappa shape index (κ1) is 27.8. The molecule has 2 aliphatic rings. The maximum Gasteiger partial charge on any atom is 0.256 e. The van der Waals surface area contributed by atoms with Gasteiger partial charge in [0, 0.05) is 49.4 Å². The monoisotopic (exact) mass is 579 g/mol. The van der Waals surface area contributed by atoms with Gasteiger partial charge in [0.05, 0.1) is 21.7 Å². The average Bonchev–Trinajstić information content (AvgIpc) is 3.76. The highest BCUT2D eigenvalue weighted by molar-refractivity contribution is 6.31. The number of aliphatic hydroxyl groups excluding tert-OH is 1. The van der Waals surface area contributed by atoms with Crippen molar-refractivity contribution < 1.29 is 23.4 Å². The third-order valence-corrected chi connectivity index (χ3v) is 7.89. The number of carbonyl (C=O) groups excluding carboxylic acids is 1. The maximum absolute atomic E-state index is 14.2. The first-order chi connectivity index (χ1) is 18.7. The van der Waals surface area contributed by atoms with Crippen LogP contribution in [0, 0.1) is 11.6 Å². The Labute approximate surface area is 234 Å². The van der Waals surface area contributed by atoms with Crippen LogP contribution in [0.1, 0.15) is 48.5 Å². The van der Waals surface area contributed by atoms with E-state index in [0.717, 1.165) is 18.9 Å². The summed E-state index contributed by atoms with van der Waals surface area (Å²) >= 11 is 11.6. The lowest BCUT2D eigenvalue weighted by atomic mass is 10.0. The molecule has 0 bridgehead atoms. The van der Waals surface area contributed by atoms with Crippen molar-refractivity contribution in [2.45, 2.75) is 50.3 Å². The number of aliphatic hydroxyl groups is 1. The number of nitrogens with zero attached hydrogens (tertiary/aromatic N) is 2. The zero-order valence-corrected chi connectivity index (χ0v) is 22.7. The molecule has 5 rings (SSSR count). The average molecular weight is 580 g/mol. The van der Waals surface area contributed by atoms with E-state index in [1.54, 1.807) is 12.3 Å². The Kier molecular flexibility index (Phi) is 8.42. The number of likely N-dealkylation sites (tertiary alicyclic amines) is 1. The molecule has 1 saturated carbocycles. The molecule has 208 valence electrons. The Morgan fingerprint density at radius 3 is 2.49 bits per heavy atom. The molecule has 2 aromatic carbocycles. The third-order valence-electron chi connectivity index (χ3n) is 7.29. The number of carbonyl (C=O) groups is 1. The number of nitrogens with one attached hydrogen (secondary N) is 1. The first-order valence-electron chi connectivity index (χ1n) is 13.0. The lowest BCUT2D eigenvalue weighted by Gasteiger charge is -2.32. The maximum atomic E-state index is 14.2. The number of benzene rings is 2. The predicted molar refractivity (Wildman–Crippen MR) is 146 cm³/mol. The van der Waals surface area contributed by atoms with Crippen LogP contribution in [0.2, 0.25) is 10.0 Å². The molecule has 1 amide bonds. The Bertz CT molecular complexity index is 1440. The number of amides is 1. The van der Waals surface area contributed by atoms with E-state index >= 15 is 0 Å². The number of piperidine rings is 1. The summed E-state index contributed by atoms with van der Waals surface area (Å²) < 4.78 is 35.0. The number of hydrogen-bond acceptors (Lipinski definition) is 5. The van der Waals surface area contributed by atoms with Crippen LogP contribution in [0.15, 0.2) is 41.3 Å². The number of ether oxygens (including phenoxy) is 1. The molecule has 2 heterocycles. The molecule has 1 aliphatic heterocycles. The van der Waals surface area contributed by atoms with Crippen LogP contribution in [0.5, 0.6) is 5.75 Å². The fraction of sp³-hybridized carbons (Fsp3) is 0.429. The van der Waals surface area contributed by atoms with Crippen LogP contribution < -0.4 is 15.5 Å². The summed E-state index contributed by atoms with van der Waals surface area (Å²) in [6.07, 6.45) is 4.56. The fourth-order valence-electron chi connectivity index (χ4n) is 4.90. The molecule has 39 heavy (non-hydrogen) atoms. The van der Waals surface area contributed by atoms with Gasteiger partial charge in [-0.25, -0.2) is 8.78 Å². The van der Waals surface area contributed by atoms with Crippen molar-refractivity contribution in [1.82, 2.24) is 14.8 Å². The number of aromatic nitrogens is 1. The van der Waals surface area contributed by atoms with Crippen molar-refractivity contribution in [2.75, 3.05) is 26.2 Å². The Morgan fingerprint density at radius 1 is 1.08 bits per heavy atom. The summed E-state index contributed by atoms with van der Waals surface area (Å²) in [5.74, 6) is -1.43. The molecule has 0 spiro atoms. The van der Waals surface area contributed by atoms with Crippen molar-refractivity contribution in [3.8, 4) is 5.75 Å². The SMILES string of the molecule is O=C(NC1CCN(CCC(O)COc2ccc(Cl)c(F)c2)CC1)c1cn(C2CC2)c2cc(Cl)c(F)cc2c1=O. The largest absolute Gasteiger partial charge is 0.491 e. The molecular formula is C28H29Cl2F2N3O4. The van der Waals surface area contributed by atoms with Gasteiger partial charge >= 0.3 is 0 Å². The van der Waals surface area contributed by atoms with E-state index in [9.17, 15) is 23.5 Å².